The van der Waals surface area contributed by atoms with Crippen LogP contribution < -0.4 is 5.32 Å². The number of rotatable bonds is 3. The molecule has 162 valence electrons. The first-order chi connectivity index (χ1) is 16.1. The zero-order valence-corrected chi connectivity index (χ0v) is 18.9. The average molecular weight is 432 g/mol. The SMILES string of the molecule is Cc1ccc(-c2nn(-c3ccccc3)cc2[C@@H]2Nc3c(C)cccc3-c3cc(C)nn32)cc1. The summed E-state index contributed by atoms with van der Waals surface area (Å²) in [5.74, 6) is 0. The first-order valence-electron chi connectivity index (χ1n) is 11.2. The van der Waals surface area contributed by atoms with E-state index < -0.39 is 0 Å². The van der Waals surface area contributed by atoms with Crippen molar-refractivity contribution in [3.63, 3.8) is 0 Å². The van der Waals surface area contributed by atoms with Crippen LogP contribution in [0, 0.1) is 20.8 Å². The van der Waals surface area contributed by atoms with Crippen molar-refractivity contribution in [2.45, 2.75) is 26.9 Å². The minimum absolute atomic E-state index is 0.170. The van der Waals surface area contributed by atoms with Crippen molar-refractivity contribution < 1.29 is 0 Å². The predicted octanol–water partition coefficient (Wildman–Crippen LogP) is 6.30. The molecular formula is C28H25N5. The minimum atomic E-state index is -0.170. The molecule has 6 rings (SSSR count). The van der Waals surface area contributed by atoms with E-state index in [1.54, 1.807) is 0 Å². The van der Waals surface area contributed by atoms with Crippen LogP contribution in [0.4, 0.5) is 5.69 Å². The van der Waals surface area contributed by atoms with Crippen molar-refractivity contribution in [3.05, 3.63) is 107 Å². The number of nitrogens with one attached hydrogen (secondary N) is 1. The average Bonchev–Trinajstić information content (AvgIpc) is 3.44. The monoisotopic (exact) mass is 431 g/mol. The number of fused-ring (bicyclic) bond motifs is 3. The number of aromatic nitrogens is 4. The first-order valence-corrected chi connectivity index (χ1v) is 11.2. The molecule has 0 amide bonds. The lowest BCUT2D eigenvalue weighted by Crippen LogP contribution is -2.26. The maximum atomic E-state index is 5.05. The Balaban J connectivity index is 1.58. The van der Waals surface area contributed by atoms with Gasteiger partial charge in [-0.25, -0.2) is 9.36 Å². The molecule has 5 aromatic rings. The van der Waals surface area contributed by atoms with Crippen LogP contribution in [0.2, 0.25) is 0 Å². The number of para-hydroxylation sites is 2. The third-order valence-electron chi connectivity index (χ3n) is 6.32. The highest BCUT2D eigenvalue weighted by Crippen LogP contribution is 2.42. The van der Waals surface area contributed by atoms with Gasteiger partial charge in [0.25, 0.3) is 0 Å². The Morgan fingerprint density at radius 2 is 1.61 bits per heavy atom. The van der Waals surface area contributed by atoms with E-state index >= 15 is 0 Å². The second kappa shape index (κ2) is 7.48. The van der Waals surface area contributed by atoms with Gasteiger partial charge in [0, 0.05) is 28.6 Å². The third kappa shape index (κ3) is 3.24. The zero-order valence-electron chi connectivity index (χ0n) is 18.9. The standard InChI is InChI=1S/C28H25N5/c1-18-12-14-21(15-13-18)27-24(17-32(31-27)22-9-5-4-6-10-22)28-29-26-19(2)8-7-11-23(26)25-16-20(3)30-33(25)28/h4-17,28-29H,1-3H3/t28-/m1/s1. The van der Waals surface area contributed by atoms with Gasteiger partial charge in [0.15, 0.2) is 6.17 Å². The van der Waals surface area contributed by atoms with Crippen LogP contribution in [0.1, 0.15) is 28.6 Å². The van der Waals surface area contributed by atoms with E-state index in [9.17, 15) is 0 Å². The molecule has 3 aromatic carbocycles. The molecule has 0 fully saturated rings. The first kappa shape index (κ1) is 19.6. The third-order valence-corrected chi connectivity index (χ3v) is 6.32. The fourth-order valence-corrected chi connectivity index (χ4v) is 4.63. The van der Waals surface area contributed by atoms with Gasteiger partial charge in [-0.15, -0.1) is 0 Å². The van der Waals surface area contributed by atoms with Crippen molar-refractivity contribution in [3.8, 4) is 28.2 Å². The molecule has 5 heteroatoms. The van der Waals surface area contributed by atoms with E-state index in [0.717, 1.165) is 39.6 Å². The molecule has 0 saturated carbocycles. The summed E-state index contributed by atoms with van der Waals surface area (Å²) >= 11 is 0. The van der Waals surface area contributed by atoms with Crippen LogP contribution in [0.25, 0.3) is 28.2 Å². The number of anilines is 1. The second-order valence-corrected chi connectivity index (χ2v) is 8.74. The molecule has 5 nitrogen and oxygen atoms in total. The quantitative estimate of drug-likeness (QED) is 0.365. The van der Waals surface area contributed by atoms with E-state index in [-0.39, 0.29) is 6.17 Å². The number of benzene rings is 3. The molecule has 2 aromatic heterocycles. The van der Waals surface area contributed by atoms with Gasteiger partial charge >= 0.3 is 0 Å². The maximum absolute atomic E-state index is 5.05. The van der Waals surface area contributed by atoms with E-state index in [1.807, 2.05) is 29.8 Å². The molecule has 1 aliphatic rings. The lowest BCUT2D eigenvalue weighted by molar-refractivity contribution is 0.571. The van der Waals surface area contributed by atoms with Gasteiger partial charge in [0.2, 0.25) is 0 Å². The highest BCUT2D eigenvalue weighted by molar-refractivity contribution is 5.81. The maximum Gasteiger partial charge on any atom is 0.151 e. The summed E-state index contributed by atoms with van der Waals surface area (Å²) in [5, 5.41) is 13.7. The highest BCUT2D eigenvalue weighted by Gasteiger charge is 2.31. The summed E-state index contributed by atoms with van der Waals surface area (Å²) in [6, 6.07) is 27.4. The molecule has 0 aliphatic carbocycles. The van der Waals surface area contributed by atoms with Crippen molar-refractivity contribution in [1.29, 1.82) is 0 Å². The van der Waals surface area contributed by atoms with Crippen LogP contribution in [0.5, 0.6) is 0 Å². The number of aryl methyl sites for hydroxylation is 3. The molecule has 0 spiro atoms. The normalized spacial score (nSPS) is 14.5. The molecule has 33 heavy (non-hydrogen) atoms. The largest absolute Gasteiger partial charge is 0.359 e. The van der Waals surface area contributed by atoms with Crippen molar-refractivity contribution in [2.75, 3.05) is 5.32 Å². The van der Waals surface area contributed by atoms with Gasteiger partial charge in [0.05, 0.1) is 22.8 Å². The van der Waals surface area contributed by atoms with E-state index in [2.05, 4.69) is 90.7 Å². The molecule has 0 saturated heterocycles. The van der Waals surface area contributed by atoms with E-state index in [4.69, 9.17) is 10.2 Å². The van der Waals surface area contributed by atoms with Crippen LogP contribution in [-0.2, 0) is 0 Å². The number of hydrogen-bond acceptors (Lipinski definition) is 3. The Morgan fingerprint density at radius 1 is 0.818 bits per heavy atom. The van der Waals surface area contributed by atoms with Gasteiger partial charge in [-0.3, -0.25) is 0 Å². The van der Waals surface area contributed by atoms with Gasteiger partial charge in [0.1, 0.15) is 0 Å². The van der Waals surface area contributed by atoms with Gasteiger partial charge < -0.3 is 5.32 Å². The predicted molar refractivity (Wildman–Crippen MR) is 133 cm³/mol. The van der Waals surface area contributed by atoms with Crippen molar-refractivity contribution in [2.24, 2.45) is 0 Å². The van der Waals surface area contributed by atoms with Crippen molar-refractivity contribution in [1.82, 2.24) is 19.6 Å². The summed E-state index contributed by atoms with van der Waals surface area (Å²) in [7, 11) is 0. The Hall–Kier alpha value is -4.12. The summed E-state index contributed by atoms with van der Waals surface area (Å²) < 4.78 is 4.07. The minimum Gasteiger partial charge on any atom is -0.359 e. The molecule has 1 N–H and O–H groups in total. The molecule has 1 atom stereocenters. The molecular weight excluding hydrogens is 406 g/mol. The van der Waals surface area contributed by atoms with Gasteiger partial charge in [-0.05, 0) is 44.5 Å². The van der Waals surface area contributed by atoms with Gasteiger partial charge in [-0.1, -0.05) is 66.2 Å². The van der Waals surface area contributed by atoms with Crippen LogP contribution in [0.15, 0.2) is 85.1 Å². The van der Waals surface area contributed by atoms with Crippen LogP contribution in [-0.4, -0.2) is 19.6 Å². The van der Waals surface area contributed by atoms with E-state index in [0.29, 0.717) is 0 Å². The summed E-state index contributed by atoms with van der Waals surface area (Å²) in [5.41, 5.74) is 11.1. The fraction of sp³-hybridized carbons (Fsp3) is 0.143. The molecule has 1 aliphatic heterocycles. The van der Waals surface area contributed by atoms with Crippen molar-refractivity contribution >= 4 is 5.69 Å². The van der Waals surface area contributed by atoms with Crippen LogP contribution in [0.3, 0.4) is 0 Å². The summed E-state index contributed by atoms with van der Waals surface area (Å²) in [6.07, 6.45) is 1.96. The van der Waals surface area contributed by atoms with Crippen LogP contribution >= 0.6 is 0 Å². The summed E-state index contributed by atoms with van der Waals surface area (Å²) in [6.45, 7) is 6.30. The molecule has 3 heterocycles. The Bertz CT molecular complexity index is 1460. The smallest absolute Gasteiger partial charge is 0.151 e. The number of hydrogen-bond donors (Lipinski definition) is 1. The summed E-state index contributed by atoms with van der Waals surface area (Å²) in [4.78, 5) is 0. The second-order valence-electron chi connectivity index (χ2n) is 8.74. The fourth-order valence-electron chi connectivity index (χ4n) is 4.63. The van der Waals surface area contributed by atoms with Gasteiger partial charge in [-0.2, -0.15) is 10.2 Å². The molecule has 0 bridgehead atoms. The highest BCUT2D eigenvalue weighted by atomic mass is 15.4. The van der Waals surface area contributed by atoms with E-state index in [1.165, 1.54) is 16.7 Å². The lowest BCUT2D eigenvalue weighted by atomic mass is 9.99. The Kier molecular flexibility index (Phi) is 4.44. The Labute approximate surface area is 193 Å². The lowest BCUT2D eigenvalue weighted by Gasteiger charge is -2.30. The molecule has 0 unspecified atom stereocenters. The molecule has 0 radical (unpaired) electrons. The topological polar surface area (TPSA) is 47.7 Å². The number of nitrogens with zero attached hydrogens (tertiary/aromatic N) is 4. The zero-order chi connectivity index (χ0) is 22.5. The Morgan fingerprint density at radius 3 is 2.39 bits per heavy atom.